The van der Waals surface area contributed by atoms with Crippen LogP contribution in [0.1, 0.15) is 12.8 Å². The maximum Gasteiger partial charge on any atom is 0.328 e. The van der Waals surface area contributed by atoms with E-state index in [1.54, 1.807) is 7.05 Å². The van der Waals surface area contributed by atoms with Gasteiger partial charge in [0.05, 0.1) is 7.11 Å². The highest BCUT2D eigenvalue weighted by Gasteiger charge is 2.33. The third-order valence-corrected chi connectivity index (χ3v) is 1.97. The Kier molecular flexibility index (Phi) is 2.12. The predicted octanol–water partition coefficient (Wildman–Crippen LogP) is -0.220. The topological polar surface area (TPSA) is 46.6 Å². The number of likely N-dealkylation sites (tertiary alicyclic amines) is 1. The van der Waals surface area contributed by atoms with Crippen molar-refractivity contribution < 1.29 is 14.3 Å². The van der Waals surface area contributed by atoms with Crippen molar-refractivity contribution >= 4 is 11.9 Å². The normalized spacial score (nSPS) is 24.0. The summed E-state index contributed by atoms with van der Waals surface area (Å²) < 4.78 is 4.52. The molecule has 4 nitrogen and oxygen atoms in total. The molecule has 0 radical (unpaired) electrons. The van der Waals surface area contributed by atoms with Crippen molar-refractivity contribution in [2.24, 2.45) is 0 Å². The number of hydrogen-bond donors (Lipinski definition) is 0. The summed E-state index contributed by atoms with van der Waals surface area (Å²) in [4.78, 5) is 23.3. The van der Waals surface area contributed by atoms with Crippen LogP contribution in [-0.2, 0) is 14.3 Å². The molecule has 0 aromatic carbocycles. The van der Waals surface area contributed by atoms with Gasteiger partial charge in [-0.05, 0) is 6.42 Å². The highest BCUT2D eigenvalue weighted by Crippen LogP contribution is 2.16. The number of ether oxygens (including phenoxy) is 1. The second kappa shape index (κ2) is 2.90. The van der Waals surface area contributed by atoms with Gasteiger partial charge in [-0.3, -0.25) is 4.79 Å². The summed E-state index contributed by atoms with van der Waals surface area (Å²) in [5, 5.41) is 0. The summed E-state index contributed by atoms with van der Waals surface area (Å²) >= 11 is 0. The largest absolute Gasteiger partial charge is 0.467 e. The number of esters is 1. The SMILES string of the molecule is COC(=O)[C@H]1CCC(=O)N1C. The van der Waals surface area contributed by atoms with E-state index in [-0.39, 0.29) is 17.9 Å². The molecule has 0 spiro atoms. The molecule has 0 aliphatic carbocycles. The first kappa shape index (κ1) is 8.04. The third-order valence-electron chi connectivity index (χ3n) is 1.97. The molecule has 0 unspecified atom stereocenters. The van der Waals surface area contributed by atoms with Crippen LogP contribution < -0.4 is 0 Å². The Balaban J connectivity index is 2.61. The van der Waals surface area contributed by atoms with Crippen molar-refractivity contribution in [1.29, 1.82) is 0 Å². The Labute approximate surface area is 65.1 Å². The second-order valence-corrected chi connectivity index (χ2v) is 2.58. The second-order valence-electron chi connectivity index (χ2n) is 2.58. The highest BCUT2D eigenvalue weighted by molar-refractivity contribution is 5.87. The number of carbonyl (C=O) groups is 2. The monoisotopic (exact) mass is 157 g/mol. The van der Waals surface area contributed by atoms with Gasteiger partial charge in [-0.1, -0.05) is 0 Å². The molecule has 4 heteroatoms. The van der Waals surface area contributed by atoms with Crippen molar-refractivity contribution in [1.82, 2.24) is 4.90 Å². The van der Waals surface area contributed by atoms with Crippen LogP contribution in [0.15, 0.2) is 0 Å². The first-order valence-corrected chi connectivity index (χ1v) is 3.50. The molecule has 1 atom stereocenters. The van der Waals surface area contributed by atoms with Gasteiger partial charge in [0.1, 0.15) is 6.04 Å². The summed E-state index contributed by atoms with van der Waals surface area (Å²) in [6, 6.07) is -0.354. The first-order chi connectivity index (χ1) is 5.16. The van der Waals surface area contributed by atoms with E-state index >= 15 is 0 Å². The molecular formula is C7H11NO3. The lowest BCUT2D eigenvalue weighted by Gasteiger charge is -2.16. The summed E-state index contributed by atoms with van der Waals surface area (Å²) in [5.74, 6) is -0.307. The van der Waals surface area contributed by atoms with E-state index in [9.17, 15) is 9.59 Å². The van der Waals surface area contributed by atoms with Crippen molar-refractivity contribution in [3.05, 3.63) is 0 Å². The van der Waals surface area contributed by atoms with Crippen LogP contribution in [0, 0.1) is 0 Å². The average Bonchev–Trinajstić information content (AvgIpc) is 2.32. The first-order valence-electron chi connectivity index (χ1n) is 3.50. The molecule has 1 amide bonds. The highest BCUT2D eigenvalue weighted by atomic mass is 16.5. The summed E-state index contributed by atoms with van der Waals surface area (Å²) in [6.07, 6.45) is 1.04. The van der Waals surface area contributed by atoms with Crippen LogP contribution in [0.3, 0.4) is 0 Å². The van der Waals surface area contributed by atoms with E-state index in [2.05, 4.69) is 4.74 Å². The molecule has 0 N–H and O–H groups in total. The third kappa shape index (κ3) is 1.34. The van der Waals surface area contributed by atoms with E-state index in [4.69, 9.17) is 0 Å². The fraction of sp³-hybridized carbons (Fsp3) is 0.714. The quantitative estimate of drug-likeness (QED) is 0.494. The Hall–Kier alpha value is -1.06. The molecule has 0 aromatic rings. The molecule has 1 aliphatic rings. The standard InChI is InChI=1S/C7H11NO3/c1-8-5(7(10)11-2)3-4-6(8)9/h5H,3-4H2,1-2H3/t5-/m1/s1. The Morgan fingerprint density at radius 1 is 1.73 bits per heavy atom. The fourth-order valence-corrected chi connectivity index (χ4v) is 1.22. The summed E-state index contributed by atoms with van der Waals surface area (Å²) in [6.45, 7) is 0. The van der Waals surface area contributed by atoms with Gasteiger partial charge >= 0.3 is 5.97 Å². The molecule has 1 saturated heterocycles. The molecule has 11 heavy (non-hydrogen) atoms. The lowest BCUT2D eigenvalue weighted by molar-refractivity contribution is -0.148. The van der Waals surface area contributed by atoms with Crippen LogP contribution in [0.25, 0.3) is 0 Å². The number of amides is 1. The van der Waals surface area contributed by atoms with Gasteiger partial charge in [0, 0.05) is 13.5 Å². The lowest BCUT2D eigenvalue weighted by atomic mass is 10.2. The minimum atomic E-state index is -0.354. The fourth-order valence-electron chi connectivity index (χ4n) is 1.22. The van der Waals surface area contributed by atoms with Gasteiger partial charge in [-0.15, -0.1) is 0 Å². The van der Waals surface area contributed by atoms with Crippen LogP contribution in [0.4, 0.5) is 0 Å². The Morgan fingerprint density at radius 2 is 2.36 bits per heavy atom. The van der Waals surface area contributed by atoms with Gasteiger partial charge < -0.3 is 9.64 Å². The summed E-state index contributed by atoms with van der Waals surface area (Å²) in [7, 11) is 2.95. The molecule has 1 aliphatic heterocycles. The molecule has 1 heterocycles. The molecular weight excluding hydrogens is 146 g/mol. The van der Waals surface area contributed by atoms with Gasteiger partial charge in [0.15, 0.2) is 0 Å². The van der Waals surface area contributed by atoms with Gasteiger partial charge in [-0.2, -0.15) is 0 Å². The van der Waals surface area contributed by atoms with Crippen LogP contribution in [0.5, 0.6) is 0 Å². The lowest BCUT2D eigenvalue weighted by Crippen LogP contribution is -2.35. The predicted molar refractivity (Wildman–Crippen MR) is 37.8 cm³/mol. The molecule has 62 valence electrons. The van der Waals surface area contributed by atoms with E-state index in [1.807, 2.05) is 0 Å². The van der Waals surface area contributed by atoms with E-state index in [0.29, 0.717) is 12.8 Å². The molecule has 1 rings (SSSR count). The minimum absolute atomic E-state index is 0.0143. The van der Waals surface area contributed by atoms with Crippen molar-refractivity contribution in [3.63, 3.8) is 0 Å². The number of hydrogen-bond acceptors (Lipinski definition) is 3. The van der Waals surface area contributed by atoms with Crippen LogP contribution >= 0.6 is 0 Å². The zero-order valence-electron chi connectivity index (χ0n) is 6.66. The van der Waals surface area contributed by atoms with Gasteiger partial charge in [0.2, 0.25) is 5.91 Å². The zero-order valence-corrected chi connectivity index (χ0v) is 6.66. The smallest absolute Gasteiger partial charge is 0.328 e. The number of rotatable bonds is 1. The maximum atomic E-state index is 11.0. The molecule has 0 aromatic heterocycles. The van der Waals surface area contributed by atoms with Crippen molar-refractivity contribution in [3.8, 4) is 0 Å². The van der Waals surface area contributed by atoms with E-state index < -0.39 is 0 Å². The number of carbonyl (C=O) groups excluding carboxylic acids is 2. The maximum absolute atomic E-state index is 11.0. The van der Waals surface area contributed by atoms with Crippen LogP contribution in [0.2, 0.25) is 0 Å². The van der Waals surface area contributed by atoms with E-state index in [0.717, 1.165) is 0 Å². The van der Waals surface area contributed by atoms with Gasteiger partial charge in [0.25, 0.3) is 0 Å². The van der Waals surface area contributed by atoms with Crippen molar-refractivity contribution in [2.45, 2.75) is 18.9 Å². The van der Waals surface area contributed by atoms with Gasteiger partial charge in [-0.25, -0.2) is 4.79 Å². The van der Waals surface area contributed by atoms with Crippen molar-refractivity contribution in [2.75, 3.05) is 14.2 Å². The minimum Gasteiger partial charge on any atom is -0.467 e. The number of nitrogens with zero attached hydrogens (tertiary/aromatic N) is 1. The molecule has 0 bridgehead atoms. The summed E-state index contributed by atoms with van der Waals surface area (Å²) in [5.41, 5.74) is 0. The van der Waals surface area contributed by atoms with Crippen LogP contribution in [-0.4, -0.2) is 37.0 Å². The zero-order chi connectivity index (χ0) is 8.43. The molecule has 0 saturated carbocycles. The number of likely N-dealkylation sites (N-methyl/N-ethyl adjacent to an activating group) is 1. The average molecular weight is 157 g/mol. The van der Waals surface area contributed by atoms with E-state index in [1.165, 1.54) is 12.0 Å². The Bertz CT molecular complexity index is 190. The Morgan fingerprint density at radius 3 is 2.73 bits per heavy atom. The number of methoxy groups -OCH3 is 1. The molecule has 1 fully saturated rings.